The van der Waals surface area contributed by atoms with E-state index in [-0.39, 0.29) is 141 Å². The van der Waals surface area contributed by atoms with Gasteiger partial charge in [0.25, 0.3) is 14.3 Å². The first-order chi connectivity index (χ1) is 47.5. The number of nitrogens with one attached hydrogen (secondary N) is 5. The van der Waals surface area contributed by atoms with Crippen molar-refractivity contribution in [3.05, 3.63) is 29.8 Å². The largest absolute Gasteiger partial charge is 0.481 e. The Hall–Kier alpha value is -8.67. The molecule has 1 aromatic carbocycles. The molecule has 13 N–H and O–H groups in total. The van der Waals surface area contributed by atoms with E-state index >= 15 is 4.11 Å². The molecular formula is C67H104FN9O24Si. The van der Waals surface area contributed by atoms with Crippen molar-refractivity contribution in [2.45, 2.75) is 192 Å². The standard InChI is InChI=1S/C67H104FN9O24Si/c1-42(78)49(13-10-11-27-69-53(81)24-19-46(79)12-8-9-14-50(64(98)99)71-55(83)23-17-44(62(94)95)36-47(80)37-45(63(96)97)18-26-56(84)85)72-61(93)51(73-60(92)43-15-20-48(21-16-43)102(68,66(2,3)4)67(5,6)7)38-70-54(82)25-22-52(65(100)101)77-34-32-75(40-58(88)89)30-28-74(39-57(86)87)29-31-76(33-35-77)41-59(90)91/h15-16,20-21,44-45,49-52H,8-14,17-19,22-41H2,1-7H3,(H,69,81)(H,70,82)(H,71,83)(H,72,93)(H,73,92)(H,84,85)(H,86,87)(H,88,89)(H,90,91)(H,94,95)(H,96,97)(H,98,99)(H,100,101)/t44-,45-,49?,50?,51?,52?/m1/s1/i68-1. The van der Waals surface area contributed by atoms with Crippen LogP contribution in [0.4, 0.5) is 4.11 Å². The van der Waals surface area contributed by atoms with E-state index in [1.807, 2.05) is 41.5 Å². The molecule has 0 spiro atoms. The normalized spacial score (nSPS) is 15.8. The van der Waals surface area contributed by atoms with E-state index in [2.05, 4.69) is 26.6 Å². The fourth-order valence-corrected chi connectivity index (χ4v) is 16.7. The highest BCUT2D eigenvalue weighted by Gasteiger charge is 2.56. The number of carbonyl (C=O) groups excluding carboxylic acids is 8. The predicted octanol–water partition coefficient (Wildman–Crippen LogP) is 1.57. The van der Waals surface area contributed by atoms with Crippen LogP contribution in [0.2, 0.25) is 10.1 Å². The Bertz CT molecular complexity index is 3040. The first kappa shape index (κ1) is 89.4. The zero-order chi connectivity index (χ0) is 77.2. The number of hydrogen-bond donors (Lipinski definition) is 13. The monoisotopic (exact) mass is 1460 g/mol. The van der Waals surface area contributed by atoms with Crippen LogP contribution >= 0.6 is 0 Å². The Morgan fingerprint density at radius 2 is 0.912 bits per heavy atom. The molecule has 33 nitrogen and oxygen atoms in total. The Morgan fingerprint density at radius 1 is 0.451 bits per heavy atom. The van der Waals surface area contributed by atoms with Crippen LogP contribution in [0.3, 0.4) is 0 Å². The van der Waals surface area contributed by atoms with Gasteiger partial charge in [-0.25, -0.2) is 4.79 Å². The summed E-state index contributed by atoms with van der Waals surface area (Å²) in [6.45, 7) is 10.4. The average Bonchev–Trinajstić information content (AvgIpc) is 0.748. The molecule has 1 aliphatic heterocycles. The van der Waals surface area contributed by atoms with E-state index in [0.717, 1.165) is 0 Å². The lowest BCUT2D eigenvalue weighted by atomic mass is 9.90. The number of carboxylic acids is 8. The molecule has 2 rings (SSSR count). The summed E-state index contributed by atoms with van der Waals surface area (Å²) >= 11 is 0. The maximum absolute atomic E-state index is 17.2. The number of Topliss-reactive ketones (excluding diaryl/α,β-unsaturated/α-hetero) is 3. The van der Waals surface area contributed by atoms with Crippen molar-refractivity contribution in [2.75, 3.05) is 85.1 Å². The molecule has 6 atom stereocenters. The molecular weight excluding hydrogens is 1360 g/mol. The third-order valence-electron chi connectivity index (χ3n) is 17.6. The fraction of sp³-hybridized carbons (Fsp3) is 0.672. The Morgan fingerprint density at radius 3 is 1.36 bits per heavy atom. The van der Waals surface area contributed by atoms with Gasteiger partial charge in [0.2, 0.25) is 23.6 Å². The summed E-state index contributed by atoms with van der Waals surface area (Å²) < 4.78 is 17.2. The number of rotatable bonds is 46. The van der Waals surface area contributed by atoms with Gasteiger partial charge in [0.15, 0.2) is 5.78 Å². The molecule has 1 saturated heterocycles. The van der Waals surface area contributed by atoms with Gasteiger partial charge < -0.3 is 71.5 Å². The second-order valence-electron chi connectivity index (χ2n) is 27.8. The van der Waals surface area contributed by atoms with E-state index in [1.165, 1.54) is 45.9 Å². The first-order valence-electron chi connectivity index (χ1n) is 34.0. The van der Waals surface area contributed by atoms with Crippen molar-refractivity contribution in [3.63, 3.8) is 0 Å². The van der Waals surface area contributed by atoms with Gasteiger partial charge in [0.1, 0.15) is 29.7 Å². The molecule has 1 aromatic rings. The highest BCUT2D eigenvalue weighted by molar-refractivity contribution is 6.90. The molecule has 0 bridgehead atoms. The van der Waals surface area contributed by atoms with Gasteiger partial charge in [-0.3, -0.25) is 91.5 Å². The van der Waals surface area contributed by atoms with Crippen molar-refractivity contribution in [3.8, 4) is 0 Å². The van der Waals surface area contributed by atoms with Crippen molar-refractivity contribution in [2.24, 2.45) is 11.8 Å². The van der Waals surface area contributed by atoms with Crippen molar-refractivity contribution < 1.29 is 122 Å². The van der Waals surface area contributed by atoms with Gasteiger partial charge in [0.05, 0.1) is 37.5 Å². The van der Waals surface area contributed by atoms with Gasteiger partial charge in [-0.1, -0.05) is 60.1 Å². The van der Waals surface area contributed by atoms with E-state index < -0.39 is 208 Å². The zero-order valence-corrected chi connectivity index (χ0v) is 60.3. The van der Waals surface area contributed by atoms with Gasteiger partial charge >= 0.3 is 47.8 Å². The van der Waals surface area contributed by atoms with Gasteiger partial charge in [-0.05, 0) is 85.7 Å². The molecule has 1 fully saturated rings. The van der Waals surface area contributed by atoms with Gasteiger partial charge in [-0.2, -0.15) is 0 Å². The summed E-state index contributed by atoms with van der Waals surface area (Å²) in [6.07, 6.45) is -3.45. The lowest BCUT2D eigenvalue weighted by Gasteiger charge is -2.44. The van der Waals surface area contributed by atoms with Crippen molar-refractivity contribution in [1.82, 2.24) is 46.2 Å². The Balaban J connectivity index is 2.13. The molecule has 1 heterocycles. The minimum absolute atomic E-state index is 0.0122. The second kappa shape index (κ2) is 44.0. The molecule has 0 saturated carbocycles. The fourth-order valence-electron chi connectivity index (χ4n) is 12.1. The quantitative estimate of drug-likeness (QED) is 0.0250. The summed E-state index contributed by atoms with van der Waals surface area (Å²) in [6, 6.07) is 0.342. The number of nitrogens with zero attached hydrogens (tertiary/aromatic N) is 4. The van der Waals surface area contributed by atoms with Crippen molar-refractivity contribution in [1.29, 1.82) is 0 Å². The van der Waals surface area contributed by atoms with Crippen LogP contribution in [0.5, 0.6) is 0 Å². The number of carbonyl (C=O) groups is 16. The summed E-state index contributed by atoms with van der Waals surface area (Å²) in [5.41, 5.74) is 0.0212. The van der Waals surface area contributed by atoms with Crippen LogP contribution in [-0.4, -0.2) is 273 Å². The molecule has 4 unspecified atom stereocenters. The predicted molar refractivity (Wildman–Crippen MR) is 365 cm³/mol. The minimum atomic E-state index is -3.78. The third-order valence-corrected chi connectivity index (χ3v) is 22.9. The average molecular weight is 1470 g/mol. The SMILES string of the molecule is CC(=O)C(CCCCNC(=O)CCC(=O)CCCCC(NC(=O)CC[C@H](CC(=O)C[C@@H](CCC(=O)O)C(=O)O)C(=O)O)C(=O)O)NC(=O)C(CNC(=O)CCC(C(=O)O)N1CCN(CC(=O)O)CCN(CC(=O)O)CCN(CC(=O)O)CC1)NC(=O)c1ccc([Si]([18F])(C(C)(C)C)C(C)(C)C)cc1. The molecule has 1 aliphatic rings. The molecule has 35 heteroatoms. The summed E-state index contributed by atoms with van der Waals surface area (Å²) in [5, 5.41) is 88.6. The smallest absolute Gasteiger partial charge is 0.326 e. The second-order valence-corrected chi connectivity index (χ2v) is 32.6. The molecule has 0 radical (unpaired) electrons. The Kier molecular flexibility index (Phi) is 38.5. The summed E-state index contributed by atoms with van der Waals surface area (Å²) in [4.78, 5) is 206. The van der Waals surface area contributed by atoms with E-state index in [4.69, 9.17) is 5.11 Å². The zero-order valence-electron chi connectivity index (χ0n) is 59.3. The summed E-state index contributed by atoms with van der Waals surface area (Å²) in [7, 11) is -3.78. The van der Waals surface area contributed by atoms with Gasteiger partial charge in [-0.15, -0.1) is 0 Å². The van der Waals surface area contributed by atoms with E-state index in [0.29, 0.717) is 5.19 Å². The van der Waals surface area contributed by atoms with Gasteiger partial charge in [0, 0.05) is 122 Å². The number of amides is 5. The number of benzene rings is 1. The number of unbranched alkanes of at least 4 members (excludes halogenated alkanes) is 2. The van der Waals surface area contributed by atoms with Crippen LogP contribution in [0.15, 0.2) is 24.3 Å². The molecule has 0 aliphatic carbocycles. The number of aliphatic carboxylic acids is 8. The third kappa shape index (κ3) is 33.4. The van der Waals surface area contributed by atoms with Crippen LogP contribution in [0, 0.1) is 11.8 Å². The number of halogens is 1. The lowest BCUT2D eigenvalue weighted by Crippen LogP contribution is -2.58. The van der Waals surface area contributed by atoms with E-state index in [9.17, 15) is 112 Å². The van der Waals surface area contributed by atoms with Crippen molar-refractivity contribution >= 4 is 108 Å². The maximum Gasteiger partial charge on any atom is 0.326 e. The minimum Gasteiger partial charge on any atom is -0.481 e. The van der Waals surface area contributed by atoms with Crippen LogP contribution in [0.1, 0.15) is 168 Å². The Labute approximate surface area is 592 Å². The van der Waals surface area contributed by atoms with Crippen LogP contribution < -0.4 is 31.8 Å². The topological polar surface area (TPSA) is 508 Å². The molecule has 102 heavy (non-hydrogen) atoms. The number of carboxylic acid groups (broad SMARTS) is 8. The summed E-state index contributed by atoms with van der Waals surface area (Å²) in [5.74, 6) is -18.7. The van der Waals surface area contributed by atoms with E-state index in [1.54, 1.807) is 4.90 Å². The highest BCUT2D eigenvalue weighted by atomic mass is 28.4. The number of ketones is 3. The van der Waals surface area contributed by atoms with Crippen LogP contribution in [0.25, 0.3) is 0 Å². The molecule has 0 aromatic heterocycles. The molecule has 572 valence electrons. The van der Waals surface area contributed by atoms with Crippen LogP contribution in [-0.2, 0) is 71.9 Å². The lowest BCUT2D eigenvalue weighted by molar-refractivity contribution is -0.147. The molecule has 5 amide bonds. The number of hydrogen-bond acceptors (Lipinski definition) is 20. The maximum atomic E-state index is 17.2. The first-order valence-corrected chi connectivity index (χ1v) is 35.9. The highest BCUT2D eigenvalue weighted by Crippen LogP contribution is 2.51.